The van der Waals surface area contributed by atoms with Gasteiger partial charge in [0.05, 0.1) is 6.10 Å². The van der Waals surface area contributed by atoms with Gasteiger partial charge in [0.25, 0.3) is 5.56 Å². The lowest BCUT2D eigenvalue weighted by Crippen LogP contribution is -2.47. The van der Waals surface area contributed by atoms with Crippen LogP contribution in [0.5, 0.6) is 0 Å². The maximum Gasteiger partial charge on any atom is 0.472 e. The smallest absolute Gasteiger partial charge is 0.391 e. The van der Waals surface area contributed by atoms with Crippen molar-refractivity contribution in [2.75, 3.05) is 17.6 Å². The summed E-state index contributed by atoms with van der Waals surface area (Å²) >= 11 is 0. The second kappa shape index (κ2) is 7.87. The van der Waals surface area contributed by atoms with E-state index in [0.717, 1.165) is 0 Å². The van der Waals surface area contributed by atoms with Crippen molar-refractivity contribution in [3.8, 4) is 0 Å². The molecule has 0 fully saturated rings. The predicted molar refractivity (Wildman–Crippen MR) is 77.7 cm³/mol. The Labute approximate surface area is 132 Å². The minimum Gasteiger partial charge on any atom is -0.391 e. The molecule has 4 atom stereocenters. The molecule has 1 unspecified atom stereocenters. The van der Waals surface area contributed by atoms with Crippen LogP contribution in [0.15, 0.2) is 9.59 Å². The third-order valence-electron chi connectivity index (χ3n) is 2.75. The van der Waals surface area contributed by atoms with Crippen molar-refractivity contribution in [1.29, 1.82) is 0 Å². The number of H-pyrrole nitrogens is 2. The highest BCUT2D eigenvalue weighted by atomic mass is 31.2. The highest BCUT2D eigenvalue weighted by molar-refractivity contribution is 7.46. The lowest BCUT2D eigenvalue weighted by Gasteiger charge is -2.26. The van der Waals surface area contributed by atoms with E-state index in [1.165, 1.54) is 0 Å². The van der Waals surface area contributed by atoms with Crippen LogP contribution < -0.4 is 22.3 Å². The van der Waals surface area contributed by atoms with E-state index in [1.54, 1.807) is 0 Å². The van der Waals surface area contributed by atoms with Gasteiger partial charge in [-0.3, -0.25) is 19.3 Å². The molecule has 15 heteroatoms. The largest absolute Gasteiger partial charge is 0.472 e. The van der Waals surface area contributed by atoms with Crippen molar-refractivity contribution in [3.63, 3.8) is 0 Å². The summed E-state index contributed by atoms with van der Waals surface area (Å²) in [6, 6.07) is 0. The van der Waals surface area contributed by atoms with Crippen LogP contribution in [0.4, 0.5) is 11.5 Å². The SMILES string of the molecule is Nc1c(NC[C@H](O)[C@H](O)[C@H](O)C(O)OP(=O)(O)O)[nH]c(=O)[nH]c1=O. The van der Waals surface area contributed by atoms with E-state index in [9.17, 15) is 34.6 Å². The van der Waals surface area contributed by atoms with E-state index in [1.807, 2.05) is 4.98 Å². The number of nitrogens with two attached hydrogens (primary N) is 1. The number of nitrogen functional groups attached to an aromatic ring is 1. The summed E-state index contributed by atoms with van der Waals surface area (Å²) < 4.78 is 14.3. The van der Waals surface area contributed by atoms with Crippen molar-refractivity contribution in [1.82, 2.24) is 9.97 Å². The van der Waals surface area contributed by atoms with E-state index < -0.39 is 55.9 Å². The van der Waals surface area contributed by atoms with Gasteiger partial charge in [-0.25, -0.2) is 9.36 Å². The first-order valence-electron chi connectivity index (χ1n) is 6.24. The Morgan fingerprint density at radius 1 is 1.12 bits per heavy atom. The van der Waals surface area contributed by atoms with E-state index in [-0.39, 0.29) is 5.82 Å². The monoisotopic (exact) mass is 372 g/mol. The highest BCUT2D eigenvalue weighted by Gasteiger charge is 2.34. The van der Waals surface area contributed by atoms with Gasteiger partial charge in [-0.15, -0.1) is 0 Å². The Kier molecular flexibility index (Phi) is 6.65. The summed E-state index contributed by atoms with van der Waals surface area (Å²) in [4.78, 5) is 43.2. The Bertz CT molecular complexity index is 713. The molecule has 24 heavy (non-hydrogen) atoms. The van der Waals surface area contributed by atoms with Crippen molar-refractivity contribution in [2.24, 2.45) is 0 Å². The minimum absolute atomic E-state index is 0.267. The predicted octanol–water partition coefficient (Wildman–Crippen LogP) is -4.43. The molecule has 0 saturated carbocycles. The summed E-state index contributed by atoms with van der Waals surface area (Å²) in [6.07, 6.45) is -8.67. The van der Waals surface area contributed by atoms with Crippen LogP contribution >= 0.6 is 7.82 Å². The molecular formula is C9H17N4O10P. The number of phosphoric ester groups is 1. The van der Waals surface area contributed by atoms with Gasteiger partial charge in [-0.1, -0.05) is 0 Å². The average Bonchev–Trinajstić information content (AvgIpc) is 2.45. The molecule has 0 radical (unpaired) electrons. The number of nitrogens with one attached hydrogen (secondary N) is 3. The van der Waals surface area contributed by atoms with Crippen LogP contribution in [0.25, 0.3) is 0 Å². The van der Waals surface area contributed by atoms with Crippen molar-refractivity contribution >= 4 is 19.3 Å². The van der Waals surface area contributed by atoms with Crippen LogP contribution in [-0.2, 0) is 9.09 Å². The third kappa shape index (κ3) is 5.70. The normalized spacial score (nSPS) is 17.1. The zero-order valence-corrected chi connectivity index (χ0v) is 12.8. The fourth-order valence-corrected chi connectivity index (χ4v) is 1.97. The Balaban J connectivity index is 2.71. The molecule has 1 heterocycles. The number of phosphoric acid groups is 1. The molecule has 0 saturated heterocycles. The number of aromatic amines is 2. The lowest BCUT2D eigenvalue weighted by molar-refractivity contribution is -0.169. The summed E-state index contributed by atoms with van der Waals surface area (Å²) in [7, 11) is -5.14. The molecular weight excluding hydrogens is 355 g/mol. The van der Waals surface area contributed by atoms with Gasteiger partial charge in [0.1, 0.15) is 23.7 Å². The number of aliphatic hydroxyl groups is 4. The second-order valence-corrected chi connectivity index (χ2v) is 5.80. The summed E-state index contributed by atoms with van der Waals surface area (Å²) in [5.74, 6) is -0.267. The Morgan fingerprint density at radius 2 is 1.71 bits per heavy atom. The van der Waals surface area contributed by atoms with E-state index in [2.05, 4.69) is 14.8 Å². The van der Waals surface area contributed by atoms with E-state index in [0.29, 0.717) is 0 Å². The van der Waals surface area contributed by atoms with Crippen molar-refractivity contribution in [3.05, 3.63) is 20.8 Å². The summed E-state index contributed by atoms with van der Waals surface area (Å²) in [5, 5.41) is 40.3. The van der Waals surface area contributed by atoms with Crippen LogP contribution in [0.3, 0.4) is 0 Å². The van der Waals surface area contributed by atoms with Gasteiger partial charge in [0, 0.05) is 6.54 Å². The number of hydrogen-bond donors (Lipinski definition) is 10. The topological polar surface area (TPSA) is 251 Å². The molecule has 0 bridgehead atoms. The van der Waals surface area contributed by atoms with Crippen LogP contribution in [0, 0.1) is 0 Å². The molecule has 1 aromatic heterocycles. The van der Waals surface area contributed by atoms with Crippen LogP contribution in [-0.4, -0.2) is 71.3 Å². The number of aromatic nitrogens is 2. The van der Waals surface area contributed by atoms with Gasteiger partial charge in [-0.2, -0.15) is 0 Å². The lowest BCUT2D eigenvalue weighted by atomic mass is 10.1. The fourth-order valence-electron chi connectivity index (χ4n) is 1.56. The molecule has 0 aliphatic carbocycles. The number of rotatable bonds is 8. The highest BCUT2D eigenvalue weighted by Crippen LogP contribution is 2.37. The molecule has 1 rings (SSSR count). The summed E-state index contributed by atoms with van der Waals surface area (Å²) in [6.45, 7) is -0.565. The molecule has 0 amide bonds. The van der Waals surface area contributed by atoms with Gasteiger partial charge in [0.2, 0.25) is 0 Å². The zero-order chi connectivity index (χ0) is 18.7. The maximum absolute atomic E-state index is 11.3. The van der Waals surface area contributed by atoms with Gasteiger partial charge >= 0.3 is 13.5 Å². The number of hydrogen-bond acceptors (Lipinski definition) is 10. The molecule has 0 aliphatic heterocycles. The van der Waals surface area contributed by atoms with Crippen molar-refractivity contribution < 1.29 is 39.3 Å². The van der Waals surface area contributed by atoms with Gasteiger partial charge in [0.15, 0.2) is 6.29 Å². The molecule has 14 nitrogen and oxygen atoms in total. The van der Waals surface area contributed by atoms with Crippen LogP contribution in [0.2, 0.25) is 0 Å². The Hall–Kier alpha value is -1.77. The summed E-state index contributed by atoms with van der Waals surface area (Å²) in [5.41, 5.74) is 3.17. The second-order valence-electron chi connectivity index (χ2n) is 4.61. The molecule has 0 aromatic carbocycles. The quantitative estimate of drug-likeness (QED) is 0.153. The first-order chi connectivity index (χ1) is 10.9. The van der Waals surface area contributed by atoms with Gasteiger partial charge in [-0.05, 0) is 0 Å². The number of anilines is 2. The first-order valence-corrected chi connectivity index (χ1v) is 7.77. The van der Waals surface area contributed by atoms with E-state index in [4.69, 9.17) is 15.5 Å². The van der Waals surface area contributed by atoms with Crippen LogP contribution in [0.1, 0.15) is 0 Å². The molecule has 138 valence electrons. The molecule has 11 N–H and O–H groups in total. The maximum atomic E-state index is 11.3. The van der Waals surface area contributed by atoms with E-state index >= 15 is 0 Å². The minimum atomic E-state index is -5.14. The molecule has 0 spiro atoms. The zero-order valence-electron chi connectivity index (χ0n) is 11.9. The van der Waals surface area contributed by atoms with Gasteiger partial charge < -0.3 is 41.3 Å². The number of aliphatic hydroxyl groups excluding tert-OH is 4. The fraction of sp³-hybridized carbons (Fsp3) is 0.556. The third-order valence-corrected chi connectivity index (χ3v) is 3.24. The Morgan fingerprint density at radius 3 is 2.25 bits per heavy atom. The average molecular weight is 372 g/mol. The first kappa shape index (κ1) is 20.3. The molecule has 1 aromatic rings. The standard InChI is InChI=1S/C9H17N4O10P/c10-3-6(12-9(19)13-7(3)17)11-1-2(14)4(15)5(16)8(18)23-24(20,21)22/h2,4-5,8,14-16,18H,1,10H2,(H2,20,21,22)(H3,11,12,13,17,19)/t2-,4-,5-,8?/m0/s1. The van der Waals surface area contributed by atoms with Crippen molar-refractivity contribution in [2.45, 2.75) is 24.6 Å². The molecule has 0 aliphatic rings.